The first-order chi connectivity index (χ1) is 9.31. The van der Waals surface area contributed by atoms with E-state index in [1.54, 1.807) is 11.3 Å². The van der Waals surface area contributed by atoms with Gasteiger partial charge in [-0.05, 0) is 31.3 Å². The van der Waals surface area contributed by atoms with Crippen molar-refractivity contribution in [3.8, 4) is 11.8 Å². The van der Waals surface area contributed by atoms with Gasteiger partial charge in [0.1, 0.15) is 0 Å². The Morgan fingerprint density at radius 1 is 1.47 bits per heavy atom. The van der Waals surface area contributed by atoms with E-state index < -0.39 is 0 Å². The minimum Gasteiger partial charge on any atom is -0.395 e. The summed E-state index contributed by atoms with van der Waals surface area (Å²) < 4.78 is 5.40. The molecule has 0 atom stereocenters. The lowest BCUT2D eigenvalue weighted by Gasteiger charge is -2.30. The van der Waals surface area contributed by atoms with Crippen molar-refractivity contribution in [1.29, 1.82) is 0 Å². The molecule has 0 unspecified atom stereocenters. The number of nitrogens with zero attached hydrogens (tertiary/aromatic N) is 1. The van der Waals surface area contributed by atoms with Crippen LogP contribution in [0.25, 0.3) is 0 Å². The molecule has 0 amide bonds. The van der Waals surface area contributed by atoms with Crippen molar-refractivity contribution in [2.24, 2.45) is 0 Å². The summed E-state index contributed by atoms with van der Waals surface area (Å²) >= 11 is 1.76. The zero-order chi connectivity index (χ0) is 13.5. The average Bonchev–Trinajstić information content (AvgIpc) is 2.87. The molecule has 1 fully saturated rings. The molecule has 104 valence electrons. The standard InChI is InChI=1S/C15H21NO2S/c1-16(14-5-9-18-10-6-14)12-15-13(7-11-19-15)4-2-3-8-17/h7,11,14,17H,3,5-6,8-10,12H2,1H3. The Morgan fingerprint density at radius 2 is 2.26 bits per heavy atom. The summed E-state index contributed by atoms with van der Waals surface area (Å²) in [4.78, 5) is 3.73. The van der Waals surface area contributed by atoms with Crippen molar-refractivity contribution < 1.29 is 9.84 Å². The third-order valence-corrected chi connectivity index (χ3v) is 4.32. The summed E-state index contributed by atoms with van der Waals surface area (Å²) in [5.74, 6) is 6.15. The molecule has 0 aliphatic carbocycles. The first-order valence-electron chi connectivity index (χ1n) is 6.75. The summed E-state index contributed by atoms with van der Waals surface area (Å²) in [6.45, 7) is 2.84. The van der Waals surface area contributed by atoms with Gasteiger partial charge in [-0.15, -0.1) is 11.3 Å². The average molecular weight is 279 g/mol. The highest BCUT2D eigenvalue weighted by atomic mass is 32.1. The molecular formula is C15H21NO2S. The highest BCUT2D eigenvalue weighted by Crippen LogP contribution is 2.21. The Kier molecular flexibility index (Phi) is 5.87. The van der Waals surface area contributed by atoms with Gasteiger partial charge in [-0.2, -0.15) is 0 Å². The van der Waals surface area contributed by atoms with Crippen LogP contribution >= 0.6 is 11.3 Å². The molecule has 0 aromatic carbocycles. The topological polar surface area (TPSA) is 32.7 Å². The summed E-state index contributed by atoms with van der Waals surface area (Å²) in [6.07, 6.45) is 2.78. The number of ether oxygens (including phenoxy) is 1. The lowest BCUT2D eigenvalue weighted by molar-refractivity contribution is 0.0410. The lowest BCUT2D eigenvalue weighted by atomic mass is 10.1. The molecule has 19 heavy (non-hydrogen) atoms. The molecule has 4 heteroatoms. The Hall–Kier alpha value is -0.860. The highest BCUT2D eigenvalue weighted by Gasteiger charge is 2.19. The molecular weight excluding hydrogens is 258 g/mol. The second-order valence-electron chi connectivity index (χ2n) is 4.79. The first-order valence-corrected chi connectivity index (χ1v) is 7.63. The molecule has 1 aromatic rings. The molecule has 0 spiro atoms. The normalized spacial score (nSPS) is 16.4. The Morgan fingerprint density at radius 3 is 3.00 bits per heavy atom. The second kappa shape index (κ2) is 7.66. The number of aliphatic hydroxyl groups excluding tert-OH is 1. The van der Waals surface area contributed by atoms with Crippen LogP contribution in [-0.2, 0) is 11.3 Å². The molecule has 2 heterocycles. The van der Waals surface area contributed by atoms with E-state index in [4.69, 9.17) is 9.84 Å². The summed E-state index contributed by atoms with van der Waals surface area (Å²) in [5.41, 5.74) is 1.11. The molecule has 2 rings (SSSR count). The van der Waals surface area contributed by atoms with Gasteiger partial charge >= 0.3 is 0 Å². The van der Waals surface area contributed by atoms with Crippen molar-refractivity contribution in [3.05, 3.63) is 21.9 Å². The van der Waals surface area contributed by atoms with Crippen LogP contribution in [-0.4, -0.2) is 42.9 Å². The van der Waals surface area contributed by atoms with Gasteiger partial charge in [0, 0.05) is 42.7 Å². The van der Waals surface area contributed by atoms with E-state index in [2.05, 4.69) is 35.2 Å². The van der Waals surface area contributed by atoms with Gasteiger partial charge < -0.3 is 9.84 Å². The predicted molar refractivity (Wildman–Crippen MR) is 78.2 cm³/mol. The van der Waals surface area contributed by atoms with Crippen molar-refractivity contribution in [3.63, 3.8) is 0 Å². The molecule has 1 aliphatic rings. The molecule has 1 saturated heterocycles. The molecule has 1 N–H and O–H groups in total. The predicted octanol–water partition coefficient (Wildman–Crippen LogP) is 2.09. The van der Waals surface area contributed by atoms with Gasteiger partial charge in [0.2, 0.25) is 0 Å². The summed E-state index contributed by atoms with van der Waals surface area (Å²) in [7, 11) is 2.18. The quantitative estimate of drug-likeness (QED) is 0.857. The summed E-state index contributed by atoms with van der Waals surface area (Å²) in [6, 6.07) is 2.69. The van der Waals surface area contributed by atoms with Crippen LogP contribution in [0, 0.1) is 11.8 Å². The smallest absolute Gasteiger partial charge is 0.0540 e. The fourth-order valence-corrected chi connectivity index (χ4v) is 3.16. The monoisotopic (exact) mass is 279 g/mol. The van der Waals surface area contributed by atoms with Crippen molar-refractivity contribution in [2.75, 3.05) is 26.9 Å². The molecule has 0 bridgehead atoms. The Balaban J connectivity index is 1.95. The maximum atomic E-state index is 8.76. The van der Waals surface area contributed by atoms with Crippen molar-refractivity contribution >= 4 is 11.3 Å². The lowest BCUT2D eigenvalue weighted by Crippen LogP contribution is -2.36. The molecule has 0 radical (unpaired) electrons. The van der Waals surface area contributed by atoms with Crippen LogP contribution in [0.3, 0.4) is 0 Å². The maximum Gasteiger partial charge on any atom is 0.0540 e. The zero-order valence-corrected chi connectivity index (χ0v) is 12.2. The second-order valence-corrected chi connectivity index (χ2v) is 5.79. The number of thiophene rings is 1. The van der Waals surface area contributed by atoms with Gasteiger partial charge in [-0.3, -0.25) is 4.90 Å². The van der Waals surface area contributed by atoms with Crippen LogP contribution in [0.15, 0.2) is 11.4 Å². The minimum atomic E-state index is 0.133. The Labute approximate surface area is 119 Å². The van der Waals surface area contributed by atoms with Gasteiger partial charge in [0.05, 0.1) is 6.61 Å². The minimum absolute atomic E-state index is 0.133. The van der Waals surface area contributed by atoms with Crippen molar-refractivity contribution in [2.45, 2.75) is 31.8 Å². The van der Waals surface area contributed by atoms with E-state index in [1.807, 2.05) is 0 Å². The fourth-order valence-electron chi connectivity index (χ4n) is 2.27. The Bertz CT molecular complexity index is 440. The number of hydrogen-bond donors (Lipinski definition) is 1. The van der Waals surface area contributed by atoms with E-state index >= 15 is 0 Å². The van der Waals surface area contributed by atoms with Crippen LogP contribution in [0.4, 0.5) is 0 Å². The number of rotatable bonds is 4. The molecule has 1 aromatic heterocycles. The van der Waals surface area contributed by atoms with E-state index in [0.29, 0.717) is 12.5 Å². The maximum absolute atomic E-state index is 8.76. The van der Waals surface area contributed by atoms with Gasteiger partial charge in [0.15, 0.2) is 0 Å². The molecule has 3 nitrogen and oxygen atoms in total. The van der Waals surface area contributed by atoms with Crippen molar-refractivity contribution in [1.82, 2.24) is 4.90 Å². The van der Waals surface area contributed by atoms with E-state index in [-0.39, 0.29) is 6.61 Å². The number of aliphatic hydroxyl groups is 1. The summed E-state index contributed by atoms with van der Waals surface area (Å²) in [5, 5.41) is 10.9. The SMILES string of the molecule is CN(Cc1sccc1C#CCCO)C1CCOCC1. The zero-order valence-electron chi connectivity index (χ0n) is 11.4. The third-order valence-electron chi connectivity index (χ3n) is 3.41. The van der Waals surface area contributed by atoms with Crippen LogP contribution < -0.4 is 0 Å². The van der Waals surface area contributed by atoms with E-state index in [0.717, 1.165) is 38.2 Å². The molecule has 0 saturated carbocycles. The van der Waals surface area contributed by atoms with E-state index in [1.165, 1.54) is 4.88 Å². The van der Waals surface area contributed by atoms with Gasteiger partial charge in [0.25, 0.3) is 0 Å². The van der Waals surface area contributed by atoms with Crippen LogP contribution in [0.1, 0.15) is 29.7 Å². The first kappa shape index (κ1) is 14.5. The largest absolute Gasteiger partial charge is 0.395 e. The number of hydrogen-bond acceptors (Lipinski definition) is 4. The highest BCUT2D eigenvalue weighted by molar-refractivity contribution is 7.10. The third kappa shape index (κ3) is 4.32. The van der Waals surface area contributed by atoms with E-state index in [9.17, 15) is 0 Å². The van der Waals surface area contributed by atoms with Crippen LogP contribution in [0.2, 0.25) is 0 Å². The van der Waals surface area contributed by atoms with Crippen LogP contribution in [0.5, 0.6) is 0 Å². The van der Waals surface area contributed by atoms with Gasteiger partial charge in [-0.25, -0.2) is 0 Å². The van der Waals surface area contributed by atoms with Gasteiger partial charge in [-0.1, -0.05) is 11.8 Å². The fraction of sp³-hybridized carbons (Fsp3) is 0.600. The molecule has 1 aliphatic heterocycles.